The SMILES string of the molecule is COC(=O)c1ccc(/C=C2/NC(=O)N(CC(=O)O)C2=O)cc1. The van der Waals surface area contributed by atoms with E-state index in [1.54, 1.807) is 12.1 Å². The summed E-state index contributed by atoms with van der Waals surface area (Å²) in [5.74, 6) is -2.49. The minimum Gasteiger partial charge on any atom is -0.480 e. The zero-order chi connectivity index (χ0) is 16.3. The number of rotatable bonds is 4. The van der Waals surface area contributed by atoms with Gasteiger partial charge in [0.15, 0.2) is 0 Å². The Kier molecular flexibility index (Phi) is 4.21. The van der Waals surface area contributed by atoms with E-state index in [0.717, 1.165) is 0 Å². The number of nitrogens with one attached hydrogen (secondary N) is 1. The van der Waals surface area contributed by atoms with Crippen LogP contribution in [0.5, 0.6) is 0 Å². The highest BCUT2D eigenvalue weighted by Gasteiger charge is 2.34. The second kappa shape index (κ2) is 6.08. The van der Waals surface area contributed by atoms with Gasteiger partial charge in [-0.25, -0.2) is 14.5 Å². The molecule has 22 heavy (non-hydrogen) atoms. The first-order chi connectivity index (χ1) is 10.4. The number of nitrogens with zero attached hydrogens (tertiary/aromatic N) is 1. The number of imide groups is 1. The fourth-order valence-corrected chi connectivity index (χ4v) is 1.85. The van der Waals surface area contributed by atoms with Crippen LogP contribution < -0.4 is 5.32 Å². The van der Waals surface area contributed by atoms with Crippen molar-refractivity contribution in [2.45, 2.75) is 0 Å². The van der Waals surface area contributed by atoms with Crippen LogP contribution in [0, 0.1) is 0 Å². The van der Waals surface area contributed by atoms with Crippen molar-refractivity contribution in [3.8, 4) is 0 Å². The predicted octanol–water partition coefficient (Wildman–Crippen LogP) is 0.450. The average molecular weight is 304 g/mol. The van der Waals surface area contributed by atoms with E-state index < -0.39 is 30.4 Å². The molecule has 1 fully saturated rings. The summed E-state index contributed by atoms with van der Waals surface area (Å²) in [5.41, 5.74) is 0.879. The molecule has 0 spiro atoms. The number of carboxylic acid groups (broad SMARTS) is 1. The van der Waals surface area contributed by atoms with E-state index in [2.05, 4.69) is 10.1 Å². The Bertz CT molecular complexity index is 677. The van der Waals surface area contributed by atoms with Crippen LogP contribution in [0.4, 0.5) is 4.79 Å². The maximum Gasteiger partial charge on any atom is 0.337 e. The van der Waals surface area contributed by atoms with E-state index in [4.69, 9.17) is 5.11 Å². The van der Waals surface area contributed by atoms with E-state index in [1.807, 2.05) is 0 Å². The molecular formula is C14H12N2O6. The fraction of sp³-hybridized carbons (Fsp3) is 0.143. The highest BCUT2D eigenvalue weighted by atomic mass is 16.5. The minimum absolute atomic E-state index is 0.0305. The lowest BCUT2D eigenvalue weighted by molar-refractivity contribution is -0.140. The monoisotopic (exact) mass is 304 g/mol. The van der Waals surface area contributed by atoms with Gasteiger partial charge in [0.2, 0.25) is 0 Å². The molecule has 1 aliphatic heterocycles. The minimum atomic E-state index is -1.29. The van der Waals surface area contributed by atoms with E-state index in [9.17, 15) is 19.2 Å². The van der Waals surface area contributed by atoms with E-state index >= 15 is 0 Å². The van der Waals surface area contributed by atoms with Gasteiger partial charge >= 0.3 is 18.0 Å². The molecule has 0 atom stereocenters. The molecular weight excluding hydrogens is 292 g/mol. The molecule has 8 nitrogen and oxygen atoms in total. The summed E-state index contributed by atoms with van der Waals surface area (Å²) in [7, 11) is 1.27. The van der Waals surface area contributed by atoms with Gasteiger partial charge in [0.25, 0.3) is 5.91 Å². The normalized spacial score (nSPS) is 15.9. The molecule has 0 bridgehead atoms. The third-order valence-electron chi connectivity index (χ3n) is 2.90. The van der Waals surface area contributed by atoms with Crippen molar-refractivity contribution in [3.05, 3.63) is 41.1 Å². The Balaban J connectivity index is 2.19. The first-order valence-corrected chi connectivity index (χ1v) is 6.17. The second-order valence-electron chi connectivity index (χ2n) is 4.39. The Labute approximate surface area is 125 Å². The van der Waals surface area contributed by atoms with Gasteiger partial charge in [0.05, 0.1) is 12.7 Å². The molecule has 0 unspecified atom stereocenters. The third-order valence-corrected chi connectivity index (χ3v) is 2.90. The number of carboxylic acids is 1. The molecule has 8 heteroatoms. The summed E-state index contributed by atoms with van der Waals surface area (Å²) in [6.45, 7) is -0.705. The highest BCUT2D eigenvalue weighted by Crippen LogP contribution is 2.14. The molecule has 2 rings (SSSR count). The van der Waals surface area contributed by atoms with Crippen LogP contribution in [-0.4, -0.2) is 47.5 Å². The van der Waals surface area contributed by atoms with Crippen molar-refractivity contribution in [3.63, 3.8) is 0 Å². The van der Waals surface area contributed by atoms with Crippen LogP contribution >= 0.6 is 0 Å². The number of benzene rings is 1. The maximum atomic E-state index is 11.9. The Morgan fingerprint density at radius 3 is 2.45 bits per heavy atom. The lowest BCUT2D eigenvalue weighted by Gasteiger charge is -2.06. The summed E-state index contributed by atoms with van der Waals surface area (Å²) in [5, 5.41) is 11.0. The van der Waals surface area contributed by atoms with Crippen molar-refractivity contribution >= 4 is 30.0 Å². The predicted molar refractivity (Wildman–Crippen MR) is 73.6 cm³/mol. The zero-order valence-corrected chi connectivity index (χ0v) is 11.5. The van der Waals surface area contributed by atoms with Crippen molar-refractivity contribution in [1.29, 1.82) is 0 Å². The highest BCUT2D eigenvalue weighted by molar-refractivity contribution is 6.15. The quantitative estimate of drug-likeness (QED) is 0.474. The number of ether oxygens (including phenoxy) is 1. The van der Waals surface area contributed by atoms with Crippen LogP contribution in [-0.2, 0) is 14.3 Å². The van der Waals surface area contributed by atoms with Crippen LogP contribution in [0.3, 0.4) is 0 Å². The molecule has 2 N–H and O–H groups in total. The van der Waals surface area contributed by atoms with Gasteiger partial charge in [-0.05, 0) is 23.8 Å². The van der Waals surface area contributed by atoms with Gasteiger partial charge < -0.3 is 15.2 Å². The Morgan fingerprint density at radius 2 is 1.91 bits per heavy atom. The summed E-state index contributed by atoms with van der Waals surface area (Å²) >= 11 is 0. The van der Waals surface area contributed by atoms with E-state index in [-0.39, 0.29) is 5.70 Å². The first-order valence-electron chi connectivity index (χ1n) is 6.17. The molecule has 1 aromatic carbocycles. The average Bonchev–Trinajstić information content (AvgIpc) is 2.74. The molecule has 1 aromatic rings. The number of esters is 1. The number of amides is 3. The zero-order valence-electron chi connectivity index (χ0n) is 11.5. The second-order valence-corrected chi connectivity index (χ2v) is 4.39. The summed E-state index contributed by atoms with van der Waals surface area (Å²) in [6, 6.07) is 5.37. The van der Waals surface area contributed by atoms with Gasteiger partial charge in [-0.2, -0.15) is 0 Å². The van der Waals surface area contributed by atoms with Crippen LogP contribution in [0.25, 0.3) is 6.08 Å². The van der Waals surface area contributed by atoms with Gasteiger partial charge in [0.1, 0.15) is 12.2 Å². The van der Waals surface area contributed by atoms with Crippen molar-refractivity contribution < 1.29 is 29.0 Å². The summed E-state index contributed by atoms with van der Waals surface area (Å²) < 4.78 is 4.56. The number of aliphatic carboxylic acids is 1. The standard InChI is InChI=1S/C14H12N2O6/c1-22-13(20)9-4-2-8(3-5-9)6-10-12(19)16(7-11(17)18)14(21)15-10/h2-6H,7H2,1H3,(H,15,21)(H,17,18)/b10-6+. The molecule has 1 saturated heterocycles. The smallest absolute Gasteiger partial charge is 0.337 e. The topological polar surface area (TPSA) is 113 Å². The number of hydrogen-bond donors (Lipinski definition) is 2. The Morgan fingerprint density at radius 1 is 1.27 bits per heavy atom. The molecule has 3 amide bonds. The largest absolute Gasteiger partial charge is 0.480 e. The lowest BCUT2D eigenvalue weighted by Crippen LogP contribution is -2.35. The maximum absolute atomic E-state index is 11.9. The number of hydrogen-bond acceptors (Lipinski definition) is 5. The van der Waals surface area contributed by atoms with Gasteiger partial charge in [-0.3, -0.25) is 9.59 Å². The van der Waals surface area contributed by atoms with Crippen molar-refractivity contribution in [2.24, 2.45) is 0 Å². The van der Waals surface area contributed by atoms with Crippen molar-refractivity contribution in [2.75, 3.05) is 13.7 Å². The number of carbonyl (C=O) groups excluding carboxylic acids is 3. The summed E-state index contributed by atoms with van der Waals surface area (Å²) in [6.07, 6.45) is 1.39. The van der Waals surface area contributed by atoms with Crippen LogP contribution in [0.15, 0.2) is 30.0 Å². The number of carbonyl (C=O) groups is 4. The van der Waals surface area contributed by atoms with E-state index in [0.29, 0.717) is 16.0 Å². The molecule has 0 aliphatic carbocycles. The molecule has 0 aromatic heterocycles. The van der Waals surface area contributed by atoms with Crippen LogP contribution in [0.1, 0.15) is 15.9 Å². The molecule has 114 valence electrons. The first kappa shape index (κ1) is 15.2. The Hall–Kier alpha value is -3.16. The van der Waals surface area contributed by atoms with Gasteiger partial charge in [0, 0.05) is 0 Å². The van der Waals surface area contributed by atoms with Crippen molar-refractivity contribution in [1.82, 2.24) is 10.2 Å². The third kappa shape index (κ3) is 3.11. The van der Waals surface area contributed by atoms with E-state index in [1.165, 1.54) is 25.3 Å². The molecule has 0 radical (unpaired) electrons. The lowest BCUT2D eigenvalue weighted by atomic mass is 10.1. The molecule has 1 heterocycles. The number of methoxy groups -OCH3 is 1. The van der Waals surface area contributed by atoms with Gasteiger partial charge in [-0.1, -0.05) is 12.1 Å². The fourth-order valence-electron chi connectivity index (χ4n) is 1.85. The summed E-state index contributed by atoms with van der Waals surface area (Å²) in [4.78, 5) is 45.9. The molecule has 1 aliphatic rings. The van der Waals surface area contributed by atoms with Gasteiger partial charge in [-0.15, -0.1) is 0 Å². The molecule has 0 saturated carbocycles. The van der Waals surface area contributed by atoms with Crippen LogP contribution in [0.2, 0.25) is 0 Å². The number of urea groups is 1.